The van der Waals surface area contributed by atoms with Crippen LogP contribution in [0.5, 0.6) is 0 Å². The Bertz CT molecular complexity index is 980. The molecule has 1 aliphatic rings. The van der Waals surface area contributed by atoms with Crippen LogP contribution in [-0.2, 0) is 14.8 Å². The molecule has 11 heteroatoms. The summed E-state index contributed by atoms with van der Waals surface area (Å²) in [5, 5.41) is 11.0. The number of hydrogen-bond donors (Lipinski definition) is 1. The molecule has 2 aromatic carbocycles. The van der Waals surface area contributed by atoms with Crippen LogP contribution in [0.1, 0.15) is 17.2 Å². The van der Waals surface area contributed by atoms with Crippen molar-refractivity contribution in [1.82, 2.24) is 9.62 Å². The quantitative estimate of drug-likeness (QED) is 0.486. The molecule has 2 aromatic rings. The molecule has 0 aromatic heterocycles. The molecule has 3 rings (SSSR count). The highest BCUT2D eigenvalue weighted by Crippen LogP contribution is 2.28. The Hall–Kier alpha value is -1.75. The second kappa shape index (κ2) is 10.5. The van der Waals surface area contributed by atoms with Gasteiger partial charge >= 0.3 is 0 Å². The van der Waals surface area contributed by atoms with E-state index in [-0.39, 0.29) is 22.3 Å². The van der Waals surface area contributed by atoms with Crippen LogP contribution in [0.15, 0.2) is 47.4 Å². The van der Waals surface area contributed by atoms with Crippen LogP contribution in [-0.4, -0.2) is 51.1 Å². The lowest BCUT2D eigenvalue weighted by molar-refractivity contribution is -0.384. The van der Waals surface area contributed by atoms with E-state index in [0.717, 1.165) is 17.2 Å². The van der Waals surface area contributed by atoms with Crippen molar-refractivity contribution in [3.8, 4) is 0 Å². The van der Waals surface area contributed by atoms with E-state index in [2.05, 4.69) is 9.62 Å². The van der Waals surface area contributed by atoms with E-state index in [1.165, 1.54) is 12.1 Å². The lowest BCUT2D eigenvalue weighted by Crippen LogP contribution is -2.43. The number of morpholine rings is 1. The van der Waals surface area contributed by atoms with Gasteiger partial charge in [-0.25, -0.2) is 13.1 Å². The van der Waals surface area contributed by atoms with E-state index in [4.69, 9.17) is 16.3 Å². The number of hydrogen-bond acceptors (Lipinski definition) is 6. The summed E-state index contributed by atoms with van der Waals surface area (Å²) in [4.78, 5) is 12.3. The minimum Gasteiger partial charge on any atom is -0.379 e. The van der Waals surface area contributed by atoms with Gasteiger partial charge in [-0.2, -0.15) is 0 Å². The Balaban J connectivity index is 0.00000320. The third-order valence-corrected chi connectivity index (χ3v) is 6.54. The van der Waals surface area contributed by atoms with Crippen LogP contribution in [0.25, 0.3) is 0 Å². The summed E-state index contributed by atoms with van der Waals surface area (Å²) in [5.74, 6) is 0. The highest BCUT2D eigenvalue weighted by atomic mass is 35.5. The van der Waals surface area contributed by atoms with Gasteiger partial charge < -0.3 is 4.74 Å². The van der Waals surface area contributed by atoms with Crippen LogP contribution in [0.2, 0.25) is 5.02 Å². The number of nitrogens with one attached hydrogen (secondary N) is 1. The first-order valence-electron chi connectivity index (χ1n) is 9.09. The normalized spacial score (nSPS) is 15.9. The number of nitro groups is 1. The molecule has 0 spiro atoms. The predicted octanol–water partition coefficient (Wildman–Crippen LogP) is 3.33. The van der Waals surface area contributed by atoms with E-state index in [0.29, 0.717) is 32.8 Å². The molecule has 1 heterocycles. The molecule has 0 amide bonds. The highest BCUT2D eigenvalue weighted by Gasteiger charge is 2.26. The van der Waals surface area contributed by atoms with Gasteiger partial charge in [0.1, 0.15) is 5.02 Å². The monoisotopic (exact) mass is 475 g/mol. The van der Waals surface area contributed by atoms with Gasteiger partial charge in [0, 0.05) is 25.7 Å². The molecular weight excluding hydrogens is 453 g/mol. The maximum Gasteiger partial charge on any atom is 0.289 e. The summed E-state index contributed by atoms with van der Waals surface area (Å²) in [6.45, 7) is 5.01. The number of aryl methyl sites for hydroxylation is 1. The SMILES string of the molecule is Cc1ccc(C(CN2CCOCC2)NS(=O)(=O)c2ccc(Cl)c([N+](=O)[O-])c2)cc1.Cl. The zero-order valence-electron chi connectivity index (χ0n) is 16.3. The minimum absolute atomic E-state index is 0. The Morgan fingerprint density at radius 1 is 1.20 bits per heavy atom. The standard InChI is InChI=1S/C19H22ClN3O5S.ClH/c1-14-2-4-15(5-3-14)18(13-22-8-10-28-11-9-22)21-29(26,27)16-6-7-17(20)19(12-16)23(24)25;/h2-7,12,18,21H,8-11,13H2,1H3;1H. The van der Waals surface area contributed by atoms with Gasteiger partial charge in [-0.15, -0.1) is 12.4 Å². The molecule has 1 aliphatic heterocycles. The first-order chi connectivity index (χ1) is 13.8. The summed E-state index contributed by atoms with van der Waals surface area (Å²) in [6, 6.07) is 10.5. The van der Waals surface area contributed by atoms with Crippen molar-refractivity contribution >= 4 is 39.7 Å². The average Bonchev–Trinajstić information content (AvgIpc) is 2.68. The first kappa shape index (κ1) is 24.5. The molecule has 1 atom stereocenters. The molecule has 1 fully saturated rings. The van der Waals surface area contributed by atoms with Gasteiger partial charge in [0.05, 0.1) is 29.1 Å². The molecule has 0 radical (unpaired) electrons. The summed E-state index contributed by atoms with van der Waals surface area (Å²) >= 11 is 5.81. The summed E-state index contributed by atoms with van der Waals surface area (Å²) in [5.41, 5.74) is 1.43. The lowest BCUT2D eigenvalue weighted by Gasteiger charge is -2.31. The maximum absolute atomic E-state index is 13.0. The molecule has 0 aliphatic carbocycles. The Labute approximate surface area is 186 Å². The van der Waals surface area contributed by atoms with Crippen molar-refractivity contribution in [2.45, 2.75) is 17.9 Å². The first-order valence-corrected chi connectivity index (χ1v) is 11.0. The minimum atomic E-state index is -4.01. The van der Waals surface area contributed by atoms with Gasteiger partial charge in [-0.05, 0) is 24.6 Å². The zero-order chi connectivity index (χ0) is 21.0. The van der Waals surface area contributed by atoms with E-state index >= 15 is 0 Å². The number of ether oxygens (including phenoxy) is 1. The molecule has 1 saturated heterocycles. The third-order valence-electron chi connectivity index (χ3n) is 4.75. The van der Waals surface area contributed by atoms with Crippen LogP contribution in [0.3, 0.4) is 0 Å². The number of benzene rings is 2. The van der Waals surface area contributed by atoms with Crippen molar-refractivity contribution < 1.29 is 18.1 Å². The zero-order valence-corrected chi connectivity index (χ0v) is 18.7. The molecular formula is C19H23Cl2N3O5S. The largest absolute Gasteiger partial charge is 0.379 e. The Morgan fingerprint density at radius 2 is 1.83 bits per heavy atom. The number of rotatable bonds is 7. The van der Waals surface area contributed by atoms with Crippen molar-refractivity contribution in [2.24, 2.45) is 0 Å². The fourth-order valence-corrected chi connectivity index (χ4v) is 4.53. The molecule has 8 nitrogen and oxygen atoms in total. The van der Waals surface area contributed by atoms with E-state index < -0.39 is 26.7 Å². The van der Waals surface area contributed by atoms with Gasteiger partial charge in [0.15, 0.2) is 0 Å². The van der Waals surface area contributed by atoms with Gasteiger partial charge in [-0.3, -0.25) is 15.0 Å². The number of sulfonamides is 1. The van der Waals surface area contributed by atoms with Crippen LogP contribution in [0.4, 0.5) is 5.69 Å². The van der Waals surface area contributed by atoms with Gasteiger partial charge in [-0.1, -0.05) is 41.4 Å². The van der Waals surface area contributed by atoms with Crippen molar-refractivity contribution in [3.63, 3.8) is 0 Å². The maximum atomic E-state index is 13.0. The predicted molar refractivity (Wildman–Crippen MR) is 117 cm³/mol. The highest BCUT2D eigenvalue weighted by molar-refractivity contribution is 7.89. The third kappa shape index (κ3) is 6.13. The summed E-state index contributed by atoms with van der Waals surface area (Å²) < 4.78 is 34.0. The lowest BCUT2D eigenvalue weighted by atomic mass is 10.1. The van der Waals surface area contributed by atoms with Gasteiger partial charge in [0.25, 0.3) is 5.69 Å². The van der Waals surface area contributed by atoms with E-state index in [1.54, 1.807) is 0 Å². The number of nitrogens with zero attached hydrogens (tertiary/aromatic N) is 2. The molecule has 164 valence electrons. The second-order valence-corrected chi connectivity index (χ2v) is 8.99. The van der Waals surface area contributed by atoms with Crippen molar-refractivity contribution in [2.75, 3.05) is 32.8 Å². The fourth-order valence-electron chi connectivity index (χ4n) is 3.11. The van der Waals surface area contributed by atoms with Crippen molar-refractivity contribution in [3.05, 3.63) is 68.7 Å². The van der Waals surface area contributed by atoms with Crippen molar-refractivity contribution in [1.29, 1.82) is 0 Å². The molecule has 1 unspecified atom stereocenters. The Kier molecular flexibility index (Phi) is 8.60. The number of halogens is 2. The second-order valence-electron chi connectivity index (χ2n) is 6.87. The van der Waals surface area contributed by atoms with Crippen LogP contribution in [0, 0.1) is 17.0 Å². The average molecular weight is 476 g/mol. The molecule has 0 bridgehead atoms. The molecule has 30 heavy (non-hydrogen) atoms. The van der Waals surface area contributed by atoms with Gasteiger partial charge in [0.2, 0.25) is 10.0 Å². The topological polar surface area (TPSA) is 102 Å². The van der Waals surface area contributed by atoms with Crippen LogP contribution >= 0.6 is 24.0 Å². The summed E-state index contributed by atoms with van der Waals surface area (Å²) in [6.07, 6.45) is 0. The fraction of sp³-hybridized carbons (Fsp3) is 0.368. The van der Waals surface area contributed by atoms with Crippen LogP contribution < -0.4 is 4.72 Å². The van der Waals surface area contributed by atoms with E-state index in [9.17, 15) is 18.5 Å². The Morgan fingerprint density at radius 3 is 2.43 bits per heavy atom. The van der Waals surface area contributed by atoms with E-state index in [1.807, 2.05) is 31.2 Å². The molecule has 0 saturated carbocycles. The smallest absolute Gasteiger partial charge is 0.289 e. The number of nitro benzene ring substituents is 1. The molecule has 1 N–H and O–H groups in total. The summed E-state index contributed by atoms with van der Waals surface area (Å²) in [7, 11) is -4.01.